The largest absolute Gasteiger partial charge is 0.496 e. The van der Waals surface area contributed by atoms with Crippen molar-refractivity contribution >= 4 is 12.0 Å². The number of ether oxygens (including phenoxy) is 2. The molecule has 5 nitrogen and oxygen atoms in total. The number of carbonyl (C=O) groups is 1. The van der Waals surface area contributed by atoms with Crippen LogP contribution >= 0.6 is 0 Å². The lowest BCUT2D eigenvalue weighted by Crippen LogP contribution is -2.50. The summed E-state index contributed by atoms with van der Waals surface area (Å²) in [7, 11) is 3.50. The van der Waals surface area contributed by atoms with E-state index in [2.05, 4.69) is 52.7 Å². The van der Waals surface area contributed by atoms with Gasteiger partial charge in [0, 0.05) is 24.6 Å². The Kier molecular flexibility index (Phi) is 7.73. The van der Waals surface area contributed by atoms with Crippen molar-refractivity contribution in [2.45, 2.75) is 36.8 Å². The van der Waals surface area contributed by atoms with Crippen LogP contribution in [0.3, 0.4) is 0 Å². The Morgan fingerprint density at radius 2 is 1.68 bits per heavy atom. The second kappa shape index (κ2) is 11.3. The van der Waals surface area contributed by atoms with Gasteiger partial charge in [0.15, 0.2) is 0 Å². The number of fused-ring (bicyclic) bond motifs is 2. The van der Waals surface area contributed by atoms with Crippen LogP contribution in [0.1, 0.15) is 41.1 Å². The van der Waals surface area contributed by atoms with E-state index < -0.39 is 0 Å². The van der Waals surface area contributed by atoms with Gasteiger partial charge in [0.05, 0.1) is 25.7 Å². The molecule has 1 heterocycles. The predicted molar refractivity (Wildman–Crippen MR) is 148 cm³/mol. The minimum atomic E-state index is -0.144. The van der Waals surface area contributed by atoms with Crippen molar-refractivity contribution in [1.82, 2.24) is 10.2 Å². The summed E-state index contributed by atoms with van der Waals surface area (Å²) in [6.45, 7) is 2.86. The normalized spacial score (nSPS) is 20.7. The third kappa shape index (κ3) is 5.20. The molecule has 1 saturated heterocycles. The zero-order chi connectivity index (χ0) is 25.7. The van der Waals surface area contributed by atoms with Gasteiger partial charge in [-0.2, -0.15) is 0 Å². The van der Waals surface area contributed by atoms with E-state index in [1.165, 1.54) is 11.1 Å². The Hall–Kier alpha value is -3.41. The molecule has 0 aromatic heterocycles. The average Bonchev–Trinajstić information content (AvgIpc) is 3.18. The highest BCUT2D eigenvalue weighted by Crippen LogP contribution is 2.52. The standard InChI is InChI=1S/C32H36N2O3/c1-36-28-17-9-6-13-25(28)14-10-20-34-21-18-32(19-22-34)27-16-8-7-15-26(27)30(31(32)37-2)33-29(35)23-24-11-4-3-5-12-24/h3-17,30-31H,18-23H2,1-2H3,(H,33,35)/t30-,31+/m1/s1. The smallest absolute Gasteiger partial charge is 0.224 e. The molecule has 3 aromatic rings. The highest BCUT2D eigenvalue weighted by molar-refractivity contribution is 5.79. The fourth-order valence-corrected chi connectivity index (χ4v) is 6.20. The molecule has 1 spiro atoms. The van der Waals surface area contributed by atoms with E-state index in [-0.39, 0.29) is 23.5 Å². The fraction of sp³-hybridized carbons (Fsp3) is 0.344. The van der Waals surface area contributed by atoms with Gasteiger partial charge in [0.25, 0.3) is 0 Å². The van der Waals surface area contributed by atoms with Crippen molar-refractivity contribution in [2.75, 3.05) is 33.9 Å². The van der Waals surface area contributed by atoms with Crippen LogP contribution in [0.25, 0.3) is 6.08 Å². The van der Waals surface area contributed by atoms with Crippen LogP contribution in [0.2, 0.25) is 0 Å². The molecule has 0 bridgehead atoms. The minimum Gasteiger partial charge on any atom is -0.496 e. The highest BCUT2D eigenvalue weighted by atomic mass is 16.5. The summed E-state index contributed by atoms with van der Waals surface area (Å²) in [4.78, 5) is 15.5. The maximum absolute atomic E-state index is 13.1. The number of nitrogens with one attached hydrogen (secondary N) is 1. The monoisotopic (exact) mass is 496 g/mol. The summed E-state index contributed by atoms with van der Waals surface area (Å²) < 4.78 is 11.7. The van der Waals surface area contributed by atoms with Crippen molar-refractivity contribution in [2.24, 2.45) is 0 Å². The van der Waals surface area contributed by atoms with Crippen LogP contribution in [-0.2, 0) is 21.4 Å². The first-order chi connectivity index (χ1) is 18.1. The molecule has 0 saturated carbocycles. The van der Waals surface area contributed by atoms with Crippen molar-refractivity contribution in [3.63, 3.8) is 0 Å². The first kappa shape index (κ1) is 25.2. The Morgan fingerprint density at radius 3 is 2.43 bits per heavy atom. The number of methoxy groups -OCH3 is 2. The summed E-state index contributed by atoms with van der Waals surface area (Å²) in [6, 6.07) is 26.4. The third-order valence-corrected chi connectivity index (χ3v) is 8.01. The van der Waals surface area contributed by atoms with Gasteiger partial charge in [-0.1, -0.05) is 84.9 Å². The molecule has 0 unspecified atom stereocenters. The molecule has 3 aromatic carbocycles. The summed E-state index contributed by atoms with van der Waals surface area (Å²) in [5.74, 6) is 0.922. The van der Waals surface area contributed by atoms with Gasteiger partial charge in [-0.15, -0.1) is 0 Å². The number of amides is 1. The number of hydrogen-bond donors (Lipinski definition) is 1. The van der Waals surface area contributed by atoms with Gasteiger partial charge in [-0.05, 0) is 48.7 Å². The number of piperidine rings is 1. The Labute approximate surface area is 220 Å². The van der Waals surface area contributed by atoms with Crippen LogP contribution in [-0.4, -0.2) is 50.8 Å². The molecule has 1 amide bonds. The van der Waals surface area contributed by atoms with Crippen LogP contribution in [0.15, 0.2) is 84.9 Å². The average molecular weight is 497 g/mol. The van der Waals surface area contributed by atoms with Gasteiger partial charge < -0.3 is 14.8 Å². The summed E-state index contributed by atoms with van der Waals surface area (Å²) in [5, 5.41) is 3.33. The van der Waals surface area contributed by atoms with E-state index in [0.717, 1.165) is 49.4 Å². The number of carbonyl (C=O) groups excluding carboxylic acids is 1. The van der Waals surface area contributed by atoms with E-state index in [1.54, 1.807) is 14.2 Å². The van der Waals surface area contributed by atoms with E-state index in [4.69, 9.17) is 9.47 Å². The second-order valence-electron chi connectivity index (χ2n) is 10.1. The molecular weight excluding hydrogens is 460 g/mol. The molecule has 1 aliphatic carbocycles. The molecular formula is C32H36N2O3. The van der Waals surface area contributed by atoms with Gasteiger partial charge in [0.2, 0.25) is 5.91 Å². The molecule has 0 radical (unpaired) electrons. The lowest BCUT2D eigenvalue weighted by molar-refractivity contribution is -0.122. The quantitative estimate of drug-likeness (QED) is 0.468. The maximum atomic E-state index is 13.1. The van der Waals surface area contributed by atoms with Gasteiger partial charge in [0.1, 0.15) is 5.75 Å². The third-order valence-electron chi connectivity index (χ3n) is 8.01. The van der Waals surface area contributed by atoms with Crippen molar-refractivity contribution < 1.29 is 14.3 Å². The van der Waals surface area contributed by atoms with E-state index in [9.17, 15) is 4.79 Å². The molecule has 2 atom stereocenters. The summed E-state index contributed by atoms with van der Waals surface area (Å²) in [6.07, 6.45) is 6.64. The van der Waals surface area contributed by atoms with Crippen molar-refractivity contribution in [3.8, 4) is 5.75 Å². The molecule has 5 rings (SSSR count). The number of hydrogen-bond acceptors (Lipinski definition) is 4. The minimum absolute atomic E-state index is 0.0315. The van der Waals surface area contributed by atoms with Crippen LogP contribution in [0.4, 0.5) is 0 Å². The van der Waals surface area contributed by atoms with E-state index in [0.29, 0.717) is 6.42 Å². The number of para-hydroxylation sites is 1. The van der Waals surface area contributed by atoms with Crippen LogP contribution in [0, 0.1) is 0 Å². The van der Waals surface area contributed by atoms with Crippen LogP contribution < -0.4 is 10.1 Å². The van der Waals surface area contributed by atoms with Gasteiger partial charge in [-0.25, -0.2) is 0 Å². The van der Waals surface area contributed by atoms with E-state index in [1.807, 2.05) is 48.5 Å². The summed E-state index contributed by atoms with van der Waals surface area (Å²) >= 11 is 0. The molecule has 5 heteroatoms. The second-order valence-corrected chi connectivity index (χ2v) is 10.1. The fourth-order valence-electron chi connectivity index (χ4n) is 6.20. The van der Waals surface area contributed by atoms with Crippen molar-refractivity contribution in [1.29, 1.82) is 0 Å². The SMILES string of the molecule is COc1ccccc1C=CCN1CCC2(CC1)c1ccccc1[C@@H](NC(=O)Cc1ccccc1)[C@@H]2OC. The Balaban J connectivity index is 1.28. The molecule has 192 valence electrons. The Bertz CT molecular complexity index is 1230. The number of benzene rings is 3. The zero-order valence-electron chi connectivity index (χ0n) is 21.7. The molecule has 1 aliphatic heterocycles. The molecule has 2 aliphatic rings. The maximum Gasteiger partial charge on any atom is 0.224 e. The predicted octanol–water partition coefficient (Wildman–Crippen LogP) is 5.17. The summed E-state index contributed by atoms with van der Waals surface area (Å²) in [5.41, 5.74) is 4.54. The van der Waals surface area contributed by atoms with Gasteiger partial charge in [-0.3, -0.25) is 9.69 Å². The lowest BCUT2D eigenvalue weighted by Gasteiger charge is -2.44. The van der Waals surface area contributed by atoms with Gasteiger partial charge >= 0.3 is 0 Å². The first-order valence-electron chi connectivity index (χ1n) is 13.1. The number of rotatable bonds is 8. The highest BCUT2D eigenvalue weighted by Gasteiger charge is 2.53. The molecule has 1 fully saturated rings. The zero-order valence-corrected chi connectivity index (χ0v) is 21.7. The number of nitrogens with zero attached hydrogens (tertiary/aromatic N) is 1. The van der Waals surface area contributed by atoms with E-state index >= 15 is 0 Å². The van der Waals surface area contributed by atoms with Crippen LogP contribution in [0.5, 0.6) is 5.75 Å². The first-order valence-corrected chi connectivity index (χ1v) is 13.1. The number of likely N-dealkylation sites (tertiary alicyclic amines) is 1. The van der Waals surface area contributed by atoms with Crippen molar-refractivity contribution in [3.05, 3.63) is 107 Å². The topological polar surface area (TPSA) is 50.8 Å². The molecule has 37 heavy (non-hydrogen) atoms. The Morgan fingerprint density at radius 1 is 0.973 bits per heavy atom. The lowest BCUT2D eigenvalue weighted by atomic mass is 9.72. The molecule has 1 N–H and O–H groups in total.